The van der Waals surface area contributed by atoms with E-state index in [4.69, 9.17) is 0 Å². The molecule has 0 aliphatic carbocycles. The Kier molecular flexibility index (Phi) is 1.50. The van der Waals surface area contributed by atoms with Gasteiger partial charge in [0.15, 0.2) is 0 Å². The molecule has 3 aliphatic rings. The lowest BCUT2D eigenvalue weighted by Crippen LogP contribution is -2.42. The largest absolute Gasteiger partial charge is 0.317 e. The number of nitrogens with one attached hydrogen (secondary N) is 1. The summed E-state index contributed by atoms with van der Waals surface area (Å²) in [6, 6.07) is 0. The lowest BCUT2D eigenvalue weighted by atomic mass is 9.82. The van der Waals surface area contributed by atoms with Crippen molar-refractivity contribution in [3.05, 3.63) is 11.1 Å². The van der Waals surface area contributed by atoms with Gasteiger partial charge in [-0.05, 0) is 25.9 Å². The van der Waals surface area contributed by atoms with Crippen LogP contribution in [0.25, 0.3) is 0 Å². The molecular formula is C10H11N3O. The second kappa shape index (κ2) is 2.60. The van der Waals surface area contributed by atoms with Crippen LogP contribution in [0.15, 0.2) is 21.1 Å². The Labute approximate surface area is 81.8 Å². The summed E-state index contributed by atoms with van der Waals surface area (Å²) in [5.74, 6) is -0.0839. The number of nitrogens with zero attached hydrogens (tertiary/aromatic N) is 2. The maximum atomic E-state index is 11.6. The summed E-state index contributed by atoms with van der Waals surface area (Å²) >= 11 is 0. The highest BCUT2D eigenvalue weighted by Crippen LogP contribution is 2.38. The third kappa shape index (κ3) is 0.889. The van der Waals surface area contributed by atoms with Crippen LogP contribution in [0.2, 0.25) is 0 Å². The van der Waals surface area contributed by atoms with Crippen LogP contribution in [0.4, 0.5) is 0 Å². The highest BCUT2D eigenvalue weighted by Gasteiger charge is 2.44. The number of fused-ring (bicyclic) bond motifs is 1. The topological polar surface area (TPSA) is 53.8 Å². The Hall–Kier alpha value is -1.29. The van der Waals surface area contributed by atoms with E-state index in [1.54, 1.807) is 12.4 Å². The summed E-state index contributed by atoms with van der Waals surface area (Å²) in [4.78, 5) is 19.9. The number of allylic oxidation sites excluding steroid dienone is 1. The highest BCUT2D eigenvalue weighted by atomic mass is 16.1. The number of rotatable bonds is 0. The number of carbonyl (C=O) groups is 1. The Morgan fingerprint density at radius 1 is 1.29 bits per heavy atom. The minimum atomic E-state index is -0.242. The highest BCUT2D eigenvalue weighted by molar-refractivity contribution is 6.23. The van der Waals surface area contributed by atoms with E-state index in [9.17, 15) is 4.79 Å². The minimum Gasteiger partial charge on any atom is -0.317 e. The van der Waals surface area contributed by atoms with E-state index >= 15 is 0 Å². The SMILES string of the molecule is O=C1N=CC2=C1C1(CCNCC1)N=C2. The third-order valence-corrected chi connectivity index (χ3v) is 3.17. The standard InChI is InChI=1S/C10H11N3O/c14-9-8-7(5-12-9)6-13-10(8)1-3-11-4-2-10/h5-6,11H,1-4H2. The normalized spacial score (nSPS) is 27.9. The maximum Gasteiger partial charge on any atom is 0.276 e. The van der Waals surface area contributed by atoms with Gasteiger partial charge in [0.05, 0.1) is 11.1 Å². The number of aliphatic imine (C=N–C) groups is 2. The monoisotopic (exact) mass is 189 g/mol. The molecule has 1 fully saturated rings. The molecule has 1 N–H and O–H groups in total. The van der Waals surface area contributed by atoms with Crippen molar-refractivity contribution in [2.75, 3.05) is 13.1 Å². The van der Waals surface area contributed by atoms with E-state index in [2.05, 4.69) is 15.3 Å². The molecule has 1 saturated heterocycles. The van der Waals surface area contributed by atoms with E-state index in [0.717, 1.165) is 37.1 Å². The molecule has 0 atom stereocenters. The molecule has 0 unspecified atom stereocenters. The van der Waals surface area contributed by atoms with Gasteiger partial charge in [0, 0.05) is 18.0 Å². The van der Waals surface area contributed by atoms with Gasteiger partial charge in [0.25, 0.3) is 5.91 Å². The molecule has 4 heteroatoms. The van der Waals surface area contributed by atoms with Crippen LogP contribution in [-0.2, 0) is 4.79 Å². The first-order chi connectivity index (χ1) is 6.82. The molecule has 4 nitrogen and oxygen atoms in total. The number of hydrogen-bond donors (Lipinski definition) is 1. The number of carbonyl (C=O) groups excluding carboxylic acids is 1. The fraction of sp³-hybridized carbons (Fsp3) is 0.500. The zero-order valence-electron chi connectivity index (χ0n) is 7.79. The fourth-order valence-corrected chi connectivity index (χ4v) is 2.42. The van der Waals surface area contributed by atoms with Gasteiger partial charge in [0.1, 0.15) is 0 Å². The molecule has 0 saturated carbocycles. The average molecular weight is 189 g/mol. The van der Waals surface area contributed by atoms with Crippen molar-refractivity contribution < 1.29 is 4.79 Å². The molecule has 0 aromatic heterocycles. The van der Waals surface area contributed by atoms with Crippen molar-refractivity contribution in [2.24, 2.45) is 9.98 Å². The Bertz CT molecular complexity index is 386. The van der Waals surface area contributed by atoms with Gasteiger partial charge in [-0.3, -0.25) is 9.79 Å². The predicted molar refractivity (Wildman–Crippen MR) is 53.9 cm³/mol. The van der Waals surface area contributed by atoms with Crippen LogP contribution in [0.3, 0.4) is 0 Å². The van der Waals surface area contributed by atoms with Gasteiger partial charge in [-0.1, -0.05) is 0 Å². The van der Waals surface area contributed by atoms with Gasteiger partial charge >= 0.3 is 0 Å². The van der Waals surface area contributed by atoms with Crippen LogP contribution < -0.4 is 5.32 Å². The quantitative estimate of drug-likeness (QED) is 0.587. The van der Waals surface area contributed by atoms with E-state index < -0.39 is 0 Å². The fourth-order valence-electron chi connectivity index (χ4n) is 2.42. The van der Waals surface area contributed by atoms with Crippen LogP contribution >= 0.6 is 0 Å². The first-order valence-corrected chi connectivity index (χ1v) is 4.91. The molecule has 72 valence electrons. The summed E-state index contributed by atoms with van der Waals surface area (Å²) in [7, 11) is 0. The second-order valence-electron chi connectivity index (χ2n) is 3.93. The molecule has 0 aromatic rings. The number of hydrogen-bond acceptors (Lipinski definition) is 3. The van der Waals surface area contributed by atoms with Crippen molar-refractivity contribution >= 4 is 18.3 Å². The average Bonchev–Trinajstić information content (AvgIpc) is 2.73. The Morgan fingerprint density at radius 2 is 2.07 bits per heavy atom. The van der Waals surface area contributed by atoms with Gasteiger partial charge < -0.3 is 5.32 Å². The van der Waals surface area contributed by atoms with Crippen molar-refractivity contribution in [3.63, 3.8) is 0 Å². The van der Waals surface area contributed by atoms with Crippen LogP contribution in [0.5, 0.6) is 0 Å². The maximum absolute atomic E-state index is 11.6. The van der Waals surface area contributed by atoms with E-state index in [1.807, 2.05) is 0 Å². The molecular weight excluding hydrogens is 178 g/mol. The van der Waals surface area contributed by atoms with E-state index in [-0.39, 0.29) is 11.4 Å². The molecule has 0 radical (unpaired) electrons. The van der Waals surface area contributed by atoms with Gasteiger partial charge in [-0.25, -0.2) is 4.99 Å². The molecule has 1 spiro atoms. The van der Waals surface area contributed by atoms with Crippen molar-refractivity contribution in [1.29, 1.82) is 0 Å². The lowest BCUT2D eigenvalue weighted by molar-refractivity contribution is -0.114. The lowest BCUT2D eigenvalue weighted by Gasteiger charge is -2.32. The summed E-state index contributed by atoms with van der Waals surface area (Å²) in [6.45, 7) is 1.86. The van der Waals surface area contributed by atoms with E-state index in [1.165, 1.54) is 0 Å². The van der Waals surface area contributed by atoms with Crippen LogP contribution in [0, 0.1) is 0 Å². The van der Waals surface area contributed by atoms with E-state index in [0.29, 0.717) is 0 Å². The third-order valence-electron chi connectivity index (χ3n) is 3.17. The molecule has 14 heavy (non-hydrogen) atoms. The molecule has 3 rings (SSSR count). The smallest absolute Gasteiger partial charge is 0.276 e. The summed E-state index contributed by atoms with van der Waals surface area (Å²) in [5, 5.41) is 3.28. The molecule has 0 bridgehead atoms. The van der Waals surface area contributed by atoms with Crippen molar-refractivity contribution in [2.45, 2.75) is 18.4 Å². The molecule has 0 aromatic carbocycles. The van der Waals surface area contributed by atoms with Gasteiger partial charge in [-0.15, -0.1) is 0 Å². The van der Waals surface area contributed by atoms with Gasteiger partial charge in [-0.2, -0.15) is 0 Å². The summed E-state index contributed by atoms with van der Waals surface area (Å²) in [5.41, 5.74) is 1.52. The Balaban J connectivity index is 2.03. The first kappa shape index (κ1) is 8.05. The summed E-state index contributed by atoms with van der Waals surface area (Å²) < 4.78 is 0. The van der Waals surface area contributed by atoms with Crippen LogP contribution in [-0.4, -0.2) is 37.0 Å². The van der Waals surface area contributed by atoms with Crippen molar-refractivity contribution in [1.82, 2.24) is 5.32 Å². The van der Waals surface area contributed by atoms with Crippen molar-refractivity contribution in [3.8, 4) is 0 Å². The molecule has 3 heterocycles. The molecule has 3 aliphatic heterocycles. The van der Waals surface area contributed by atoms with Gasteiger partial charge in [0.2, 0.25) is 0 Å². The minimum absolute atomic E-state index is 0.0839. The second-order valence-corrected chi connectivity index (χ2v) is 3.93. The molecule has 1 amide bonds. The van der Waals surface area contributed by atoms with Crippen LogP contribution in [0.1, 0.15) is 12.8 Å². The first-order valence-electron chi connectivity index (χ1n) is 4.91. The zero-order chi connectivity index (χ0) is 9.60. The number of piperidine rings is 1. The zero-order valence-corrected chi connectivity index (χ0v) is 7.79. The Morgan fingerprint density at radius 3 is 2.86 bits per heavy atom. The summed E-state index contributed by atoms with van der Waals surface area (Å²) in [6.07, 6.45) is 5.27. The number of amides is 1. The predicted octanol–water partition coefficient (Wildman–Crippen LogP) is 0.101.